The van der Waals surface area contributed by atoms with Crippen molar-refractivity contribution < 1.29 is 14.6 Å². The molecule has 1 unspecified atom stereocenters. The number of alkyl halides is 1. The molecule has 0 aromatic carbocycles. The van der Waals surface area contributed by atoms with Crippen LogP contribution in [0.4, 0.5) is 0 Å². The highest BCUT2D eigenvalue weighted by atomic mass is 35.5. The molecule has 4 heteroatoms. The lowest BCUT2D eigenvalue weighted by molar-refractivity contribution is -0.145. The summed E-state index contributed by atoms with van der Waals surface area (Å²) in [6, 6.07) is 0. The van der Waals surface area contributed by atoms with E-state index in [1.54, 1.807) is 0 Å². The summed E-state index contributed by atoms with van der Waals surface area (Å²) in [5.41, 5.74) is -0.866. The van der Waals surface area contributed by atoms with Crippen LogP contribution in [0.25, 0.3) is 0 Å². The molecule has 0 aliphatic heterocycles. The standard InChI is InChI=1S/C16H29ClO3/c1-12(14(2,3)4)16(19,11-13(18)20-7)10-8-9-15(5,6)17/h19H,1,8-11H2,2-7H3. The van der Waals surface area contributed by atoms with Gasteiger partial charge in [-0.1, -0.05) is 27.4 Å². The first-order valence-electron chi connectivity index (χ1n) is 7.00. The van der Waals surface area contributed by atoms with Gasteiger partial charge in [-0.2, -0.15) is 0 Å². The van der Waals surface area contributed by atoms with Crippen molar-refractivity contribution >= 4 is 17.6 Å². The normalized spacial score (nSPS) is 15.6. The summed E-state index contributed by atoms with van der Waals surface area (Å²) in [7, 11) is 1.32. The Morgan fingerprint density at radius 1 is 1.20 bits per heavy atom. The van der Waals surface area contributed by atoms with Crippen LogP contribution in [0, 0.1) is 5.41 Å². The first-order chi connectivity index (χ1) is 8.82. The van der Waals surface area contributed by atoms with E-state index in [-0.39, 0.29) is 16.7 Å². The number of rotatable bonds is 7. The zero-order valence-corrected chi connectivity index (χ0v) is 14.4. The highest BCUT2D eigenvalue weighted by molar-refractivity contribution is 6.23. The Morgan fingerprint density at radius 3 is 2.05 bits per heavy atom. The van der Waals surface area contributed by atoms with Crippen LogP contribution in [0.2, 0.25) is 0 Å². The van der Waals surface area contributed by atoms with Crippen LogP contribution in [-0.2, 0) is 9.53 Å². The fraction of sp³-hybridized carbons (Fsp3) is 0.812. The number of hydrogen-bond donors (Lipinski definition) is 1. The summed E-state index contributed by atoms with van der Waals surface area (Å²) in [5.74, 6) is -0.428. The molecule has 0 rings (SSSR count). The predicted octanol–water partition coefficient (Wildman–Crippen LogP) is 4.07. The first kappa shape index (κ1) is 19.5. The number of hydrogen-bond acceptors (Lipinski definition) is 3. The zero-order valence-electron chi connectivity index (χ0n) is 13.7. The summed E-state index contributed by atoms with van der Waals surface area (Å²) < 4.78 is 4.69. The number of carbonyl (C=O) groups excluding carboxylic acids is 1. The van der Waals surface area contributed by atoms with Crippen LogP contribution in [0.5, 0.6) is 0 Å². The molecule has 0 fully saturated rings. The van der Waals surface area contributed by atoms with Gasteiger partial charge in [-0.25, -0.2) is 0 Å². The van der Waals surface area contributed by atoms with Gasteiger partial charge >= 0.3 is 5.97 Å². The molecule has 0 aromatic rings. The van der Waals surface area contributed by atoms with Gasteiger partial charge in [0.1, 0.15) is 0 Å². The van der Waals surface area contributed by atoms with E-state index in [4.69, 9.17) is 11.6 Å². The minimum Gasteiger partial charge on any atom is -0.469 e. The molecule has 0 aromatic heterocycles. The Labute approximate surface area is 128 Å². The lowest BCUT2D eigenvalue weighted by atomic mass is 9.73. The average Bonchev–Trinajstić information content (AvgIpc) is 2.24. The molecular weight excluding hydrogens is 276 g/mol. The minimum absolute atomic E-state index is 0.0671. The van der Waals surface area contributed by atoms with Crippen LogP contribution < -0.4 is 0 Å². The maximum atomic E-state index is 11.6. The number of methoxy groups -OCH3 is 1. The fourth-order valence-electron chi connectivity index (χ4n) is 2.16. The van der Waals surface area contributed by atoms with Crippen molar-refractivity contribution in [1.29, 1.82) is 0 Å². The molecule has 1 N–H and O–H groups in total. The largest absolute Gasteiger partial charge is 0.469 e. The second kappa shape index (κ2) is 6.95. The molecule has 0 aliphatic rings. The van der Waals surface area contributed by atoms with Crippen LogP contribution in [0.15, 0.2) is 12.2 Å². The molecule has 0 amide bonds. The number of aliphatic hydroxyl groups is 1. The summed E-state index contributed by atoms with van der Waals surface area (Å²) in [6.07, 6.45) is 1.87. The molecule has 118 valence electrons. The molecule has 0 radical (unpaired) electrons. The quantitative estimate of drug-likeness (QED) is 0.438. The maximum absolute atomic E-state index is 11.6. The topological polar surface area (TPSA) is 46.5 Å². The second-order valence-electron chi connectivity index (χ2n) is 7.09. The Hall–Kier alpha value is -0.540. The van der Waals surface area contributed by atoms with E-state index in [0.717, 1.165) is 12.8 Å². The predicted molar refractivity (Wildman–Crippen MR) is 84.0 cm³/mol. The van der Waals surface area contributed by atoms with Gasteiger partial charge in [0.05, 0.1) is 19.1 Å². The van der Waals surface area contributed by atoms with E-state index in [1.807, 2.05) is 34.6 Å². The molecule has 0 bridgehead atoms. The van der Waals surface area contributed by atoms with Gasteiger partial charge < -0.3 is 9.84 Å². The summed E-state index contributed by atoms with van der Waals surface area (Å²) in [5, 5.41) is 10.9. The molecule has 0 heterocycles. The van der Waals surface area contributed by atoms with Crippen molar-refractivity contribution in [2.75, 3.05) is 7.11 Å². The SMILES string of the molecule is C=C(C(C)(C)C)C(O)(CCCC(C)(C)Cl)CC(=O)OC. The van der Waals surface area contributed by atoms with Gasteiger partial charge in [0, 0.05) is 4.87 Å². The Kier molecular flexibility index (Phi) is 6.76. The molecule has 20 heavy (non-hydrogen) atoms. The van der Waals surface area contributed by atoms with Crippen LogP contribution in [-0.4, -0.2) is 28.7 Å². The molecule has 0 aliphatic carbocycles. The molecule has 0 spiro atoms. The zero-order chi connectivity index (χ0) is 16.2. The highest BCUT2D eigenvalue weighted by Crippen LogP contribution is 2.38. The summed E-state index contributed by atoms with van der Waals surface area (Å²) >= 11 is 6.17. The van der Waals surface area contributed by atoms with E-state index in [9.17, 15) is 9.90 Å². The molecule has 0 saturated carbocycles. The third-order valence-electron chi connectivity index (χ3n) is 3.49. The average molecular weight is 305 g/mol. The molecular formula is C16H29ClO3. The lowest BCUT2D eigenvalue weighted by Gasteiger charge is -2.37. The first-order valence-corrected chi connectivity index (χ1v) is 7.37. The van der Waals surface area contributed by atoms with E-state index in [2.05, 4.69) is 11.3 Å². The van der Waals surface area contributed by atoms with Crippen molar-refractivity contribution in [3.8, 4) is 0 Å². The van der Waals surface area contributed by atoms with Gasteiger partial charge in [0.2, 0.25) is 0 Å². The van der Waals surface area contributed by atoms with Gasteiger partial charge in [-0.15, -0.1) is 11.6 Å². The monoisotopic (exact) mass is 304 g/mol. The molecule has 0 saturated heterocycles. The number of esters is 1. The second-order valence-corrected chi connectivity index (χ2v) is 8.11. The van der Waals surface area contributed by atoms with E-state index >= 15 is 0 Å². The van der Waals surface area contributed by atoms with Crippen molar-refractivity contribution in [2.24, 2.45) is 5.41 Å². The third-order valence-corrected chi connectivity index (χ3v) is 3.68. The van der Waals surface area contributed by atoms with Crippen molar-refractivity contribution in [1.82, 2.24) is 0 Å². The highest BCUT2D eigenvalue weighted by Gasteiger charge is 2.38. The number of ether oxygens (including phenoxy) is 1. The van der Waals surface area contributed by atoms with Crippen molar-refractivity contribution in [2.45, 2.75) is 70.8 Å². The van der Waals surface area contributed by atoms with E-state index in [0.29, 0.717) is 12.0 Å². The van der Waals surface area contributed by atoms with Gasteiger partial charge in [-0.05, 0) is 44.1 Å². The molecule has 1 atom stereocenters. The van der Waals surface area contributed by atoms with E-state index in [1.165, 1.54) is 7.11 Å². The Balaban J connectivity index is 4.97. The van der Waals surface area contributed by atoms with Gasteiger partial charge in [0.15, 0.2) is 0 Å². The summed E-state index contributed by atoms with van der Waals surface area (Å²) in [4.78, 5) is 11.3. The van der Waals surface area contributed by atoms with Crippen LogP contribution in [0.3, 0.4) is 0 Å². The van der Waals surface area contributed by atoms with Crippen molar-refractivity contribution in [3.63, 3.8) is 0 Å². The minimum atomic E-state index is -1.24. The Bertz CT molecular complexity index is 350. The van der Waals surface area contributed by atoms with Gasteiger partial charge in [-0.3, -0.25) is 4.79 Å². The van der Waals surface area contributed by atoms with Crippen LogP contribution in [0.1, 0.15) is 60.3 Å². The number of halogens is 1. The number of carbonyl (C=O) groups is 1. The smallest absolute Gasteiger partial charge is 0.308 e. The Morgan fingerprint density at radius 2 is 1.70 bits per heavy atom. The maximum Gasteiger partial charge on any atom is 0.308 e. The van der Waals surface area contributed by atoms with Crippen LogP contribution >= 0.6 is 11.6 Å². The van der Waals surface area contributed by atoms with Crippen molar-refractivity contribution in [3.05, 3.63) is 12.2 Å². The molecule has 3 nitrogen and oxygen atoms in total. The van der Waals surface area contributed by atoms with Gasteiger partial charge in [0.25, 0.3) is 0 Å². The summed E-state index contributed by atoms with van der Waals surface area (Å²) in [6.45, 7) is 13.8. The lowest BCUT2D eigenvalue weighted by Crippen LogP contribution is -2.39. The fourth-order valence-corrected chi connectivity index (χ4v) is 2.29. The third kappa shape index (κ3) is 6.76. The van der Waals surface area contributed by atoms with E-state index < -0.39 is 11.6 Å².